The molecular weight excluding hydrogens is 124 g/mol. The van der Waals surface area contributed by atoms with Crippen LogP contribution < -0.4 is 0 Å². The molecule has 0 fully saturated rings. The molecule has 9 heavy (non-hydrogen) atoms. The van der Waals surface area contributed by atoms with Crippen LogP contribution >= 0.6 is 0 Å². The molecule has 3 N–H and O–H groups in total. The van der Waals surface area contributed by atoms with Crippen molar-refractivity contribution in [1.29, 1.82) is 0 Å². The van der Waals surface area contributed by atoms with Crippen molar-refractivity contribution in [2.24, 2.45) is 0 Å². The molecule has 0 aliphatic carbocycles. The number of hydrogen-bond donors (Lipinski definition) is 3. The second-order valence-electron chi connectivity index (χ2n) is 1.50. The molecule has 55 valence electrons. The number of aliphatic hydroxyl groups excluding tert-OH is 2. The SMILES string of the molecule is OCCOCC[C](O)O. The van der Waals surface area contributed by atoms with Crippen LogP contribution in [0.25, 0.3) is 0 Å². The maximum absolute atomic E-state index is 8.18. The van der Waals surface area contributed by atoms with Gasteiger partial charge < -0.3 is 20.1 Å². The van der Waals surface area contributed by atoms with Crippen LogP contribution in [-0.4, -0.2) is 35.1 Å². The fourth-order valence-corrected chi connectivity index (χ4v) is 0.330. The number of ether oxygens (including phenoxy) is 1. The van der Waals surface area contributed by atoms with Gasteiger partial charge in [-0.15, -0.1) is 0 Å². The second-order valence-corrected chi connectivity index (χ2v) is 1.50. The largest absolute Gasteiger partial charge is 0.394 e. The average Bonchev–Trinajstić information content (AvgIpc) is 1.80. The van der Waals surface area contributed by atoms with Crippen molar-refractivity contribution >= 4 is 0 Å². The normalized spacial score (nSPS) is 10.7. The zero-order chi connectivity index (χ0) is 7.11. The second kappa shape index (κ2) is 5.97. The van der Waals surface area contributed by atoms with E-state index in [9.17, 15) is 0 Å². The Kier molecular flexibility index (Phi) is 5.86. The lowest BCUT2D eigenvalue weighted by Crippen LogP contribution is -2.04. The summed E-state index contributed by atoms with van der Waals surface area (Å²) >= 11 is 0. The molecule has 0 aromatic rings. The van der Waals surface area contributed by atoms with Crippen LogP contribution in [0.1, 0.15) is 6.42 Å². The van der Waals surface area contributed by atoms with E-state index in [1.807, 2.05) is 0 Å². The van der Waals surface area contributed by atoms with E-state index >= 15 is 0 Å². The van der Waals surface area contributed by atoms with Crippen molar-refractivity contribution in [3.63, 3.8) is 0 Å². The fourth-order valence-electron chi connectivity index (χ4n) is 0.330. The minimum atomic E-state index is -0.632. The first-order valence-electron chi connectivity index (χ1n) is 2.69. The van der Waals surface area contributed by atoms with Crippen LogP contribution in [0.15, 0.2) is 0 Å². The Hall–Kier alpha value is -0.160. The smallest absolute Gasteiger partial charge is 0.220 e. The van der Waals surface area contributed by atoms with Gasteiger partial charge in [-0.05, 0) is 0 Å². The molecular formula is C5H11O4. The predicted molar refractivity (Wildman–Crippen MR) is 29.6 cm³/mol. The minimum Gasteiger partial charge on any atom is -0.394 e. The summed E-state index contributed by atoms with van der Waals surface area (Å²) in [5, 5.41) is 24.5. The van der Waals surface area contributed by atoms with E-state index in [1.54, 1.807) is 0 Å². The first kappa shape index (κ1) is 8.84. The van der Waals surface area contributed by atoms with Gasteiger partial charge in [0.15, 0.2) is 0 Å². The highest BCUT2D eigenvalue weighted by atomic mass is 16.5. The van der Waals surface area contributed by atoms with Crippen LogP contribution in [0.2, 0.25) is 0 Å². The Morgan fingerprint density at radius 3 is 2.33 bits per heavy atom. The minimum absolute atomic E-state index is 0.0355. The predicted octanol–water partition coefficient (Wildman–Crippen LogP) is -0.380. The Morgan fingerprint density at radius 1 is 1.22 bits per heavy atom. The Labute approximate surface area is 53.7 Å². The standard InChI is InChI=1S/C5H11O4/c6-2-4-9-3-1-5(7)8/h6-8H,1-4H2. The zero-order valence-corrected chi connectivity index (χ0v) is 5.08. The van der Waals surface area contributed by atoms with Crippen molar-refractivity contribution in [2.45, 2.75) is 6.42 Å². The molecule has 0 atom stereocenters. The molecule has 4 nitrogen and oxygen atoms in total. The van der Waals surface area contributed by atoms with E-state index in [0.29, 0.717) is 0 Å². The van der Waals surface area contributed by atoms with Gasteiger partial charge in [0.25, 0.3) is 0 Å². The van der Waals surface area contributed by atoms with Crippen molar-refractivity contribution in [2.75, 3.05) is 19.8 Å². The average molecular weight is 135 g/mol. The van der Waals surface area contributed by atoms with Gasteiger partial charge in [-0.3, -0.25) is 0 Å². The number of rotatable bonds is 5. The Balaban J connectivity index is 2.75. The monoisotopic (exact) mass is 135 g/mol. The van der Waals surface area contributed by atoms with E-state index in [4.69, 9.17) is 20.1 Å². The van der Waals surface area contributed by atoms with E-state index < -0.39 is 6.29 Å². The molecule has 0 unspecified atom stereocenters. The lowest BCUT2D eigenvalue weighted by molar-refractivity contribution is 0.0299. The van der Waals surface area contributed by atoms with E-state index in [-0.39, 0.29) is 26.2 Å². The molecule has 0 aromatic carbocycles. The Bertz CT molecular complexity index is 54.9. The third-order valence-corrected chi connectivity index (χ3v) is 0.706. The van der Waals surface area contributed by atoms with Gasteiger partial charge in [0.2, 0.25) is 6.29 Å². The van der Waals surface area contributed by atoms with Gasteiger partial charge >= 0.3 is 0 Å². The molecule has 0 spiro atoms. The molecule has 0 rings (SSSR count). The van der Waals surface area contributed by atoms with Crippen molar-refractivity contribution in [3.05, 3.63) is 6.29 Å². The first-order chi connectivity index (χ1) is 4.27. The Morgan fingerprint density at radius 2 is 1.89 bits per heavy atom. The summed E-state index contributed by atoms with van der Waals surface area (Å²) in [4.78, 5) is 0. The molecule has 0 saturated heterocycles. The lowest BCUT2D eigenvalue weighted by Gasteiger charge is -2.01. The van der Waals surface area contributed by atoms with E-state index in [0.717, 1.165) is 0 Å². The summed E-state index contributed by atoms with van der Waals surface area (Å²) in [6.45, 7) is 0.447. The highest BCUT2D eigenvalue weighted by Crippen LogP contribution is 1.93. The van der Waals surface area contributed by atoms with Crippen LogP contribution in [0.4, 0.5) is 0 Å². The first-order valence-corrected chi connectivity index (χ1v) is 2.69. The number of aliphatic hydroxyl groups is 3. The van der Waals surface area contributed by atoms with E-state index in [1.165, 1.54) is 0 Å². The van der Waals surface area contributed by atoms with Crippen LogP contribution in [0.5, 0.6) is 0 Å². The highest BCUT2D eigenvalue weighted by molar-refractivity contribution is 4.54. The van der Waals surface area contributed by atoms with Gasteiger partial charge in [0.05, 0.1) is 19.8 Å². The third-order valence-electron chi connectivity index (χ3n) is 0.706. The third kappa shape index (κ3) is 7.84. The van der Waals surface area contributed by atoms with Crippen molar-refractivity contribution in [1.82, 2.24) is 0 Å². The lowest BCUT2D eigenvalue weighted by atomic mass is 10.4. The molecule has 0 amide bonds. The molecule has 0 bridgehead atoms. The molecule has 0 aromatic heterocycles. The molecule has 0 aliphatic rings. The maximum Gasteiger partial charge on any atom is 0.220 e. The molecule has 0 aliphatic heterocycles. The molecule has 0 saturated carbocycles. The van der Waals surface area contributed by atoms with Crippen LogP contribution in [0.3, 0.4) is 0 Å². The summed E-state index contributed by atoms with van der Waals surface area (Å²) in [6, 6.07) is 0. The summed E-state index contributed by atoms with van der Waals surface area (Å²) in [6.07, 6.45) is -0.520. The summed E-state index contributed by atoms with van der Waals surface area (Å²) < 4.78 is 4.70. The van der Waals surface area contributed by atoms with Gasteiger partial charge in [-0.25, -0.2) is 0 Å². The fraction of sp³-hybridized carbons (Fsp3) is 0.800. The molecule has 0 heterocycles. The molecule has 1 radical (unpaired) electrons. The van der Waals surface area contributed by atoms with Crippen molar-refractivity contribution in [3.8, 4) is 0 Å². The van der Waals surface area contributed by atoms with Crippen LogP contribution in [0, 0.1) is 6.29 Å². The summed E-state index contributed by atoms with van der Waals surface area (Å²) in [5.74, 6) is 0. The highest BCUT2D eigenvalue weighted by Gasteiger charge is 1.97. The number of hydrogen-bond acceptors (Lipinski definition) is 4. The topological polar surface area (TPSA) is 69.9 Å². The van der Waals surface area contributed by atoms with Crippen LogP contribution in [-0.2, 0) is 4.74 Å². The van der Waals surface area contributed by atoms with Gasteiger partial charge in [0.1, 0.15) is 0 Å². The van der Waals surface area contributed by atoms with Crippen molar-refractivity contribution < 1.29 is 20.1 Å². The quantitative estimate of drug-likeness (QED) is 0.449. The summed E-state index contributed by atoms with van der Waals surface area (Å²) in [7, 11) is 0. The van der Waals surface area contributed by atoms with Gasteiger partial charge in [-0.2, -0.15) is 0 Å². The maximum atomic E-state index is 8.18. The molecule has 4 heteroatoms. The zero-order valence-electron chi connectivity index (χ0n) is 5.08. The van der Waals surface area contributed by atoms with E-state index in [2.05, 4.69) is 0 Å². The van der Waals surface area contributed by atoms with Gasteiger partial charge in [-0.1, -0.05) is 0 Å². The van der Waals surface area contributed by atoms with Gasteiger partial charge in [0, 0.05) is 6.42 Å². The summed E-state index contributed by atoms with van der Waals surface area (Å²) in [5.41, 5.74) is 0.